The number of aliphatic carboxylic acids is 1. The molecule has 2 amide bonds. The summed E-state index contributed by atoms with van der Waals surface area (Å²) >= 11 is 0. The summed E-state index contributed by atoms with van der Waals surface area (Å²) in [6.07, 6.45) is 0.782. The normalized spacial score (nSPS) is 20.2. The maximum Gasteiger partial charge on any atom is 0.407 e. The number of β-amino-alcohol motifs (C(OH)–C–C–N with tert-alkyl or cyclic N) is 1. The Bertz CT molecular complexity index is 1040. The van der Waals surface area contributed by atoms with Crippen molar-refractivity contribution in [1.29, 1.82) is 0 Å². The molecule has 8 nitrogen and oxygen atoms in total. The number of ether oxygens (including phenoxy) is 1. The zero-order valence-corrected chi connectivity index (χ0v) is 19.2. The Labute approximate surface area is 198 Å². The third kappa shape index (κ3) is 4.63. The number of carbonyl (C=O) groups excluding carboxylic acids is 2. The molecule has 1 heterocycles. The smallest absolute Gasteiger partial charge is 0.407 e. The van der Waals surface area contributed by atoms with Gasteiger partial charge in [0.15, 0.2) is 5.60 Å². The number of nitrogens with zero attached hydrogens (tertiary/aromatic N) is 1. The first-order chi connectivity index (χ1) is 16.3. The molecule has 1 saturated heterocycles. The molecule has 8 heteroatoms. The number of nitrogens with one attached hydrogen (secondary N) is 1. The van der Waals surface area contributed by atoms with Crippen LogP contribution in [0.5, 0.6) is 0 Å². The van der Waals surface area contributed by atoms with E-state index in [4.69, 9.17) is 4.74 Å². The lowest BCUT2D eigenvalue weighted by molar-refractivity contribution is -0.167. The number of hydrogen-bond acceptors (Lipinski definition) is 5. The fourth-order valence-electron chi connectivity index (χ4n) is 4.95. The highest BCUT2D eigenvalue weighted by Crippen LogP contribution is 2.44. The van der Waals surface area contributed by atoms with Crippen molar-refractivity contribution in [1.82, 2.24) is 10.2 Å². The van der Waals surface area contributed by atoms with Gasteiger partial charge in [0.2, 0.25) is 5.91 Å². The largest absolute Gasteiger partial charge is 0.479 e. The minimum absolute atomic E-state index is 0.0877. The fraction of sp³-hybridized carbons (Fsp3) is 0.423. The average Bonchev–Trinajstić information content (AvgIpc) is 3.16. The molecule has 2 atom stereocenters. The van der Waals surface area contributed by atoms with E-state index < -0.39 is 29.6 Å². The lowest BCUT2D eigenvalue weighted by atomic mass is 9.92. The number of piperidine rings is 1. The molecular formula is C26H30N2O6. The van der Waals surface area contributed by atoms with Gasteiger partial charge in [-0.1, -0.05) is 61.9 Å². The number of carboxylic acids is 1. The minimum atomic E-state index is -1.96. The van der Waals surface area contributed by atoms with E-state index in [0.29, 0.717) is 25.8 Å². The predicted molar refractivity (Wildman–Crippen MR) is 125 cm³/mol. The molecule has 0 bridgehead atoms. The summed E-state index contributed by atoms with van der Waals surface area (Å²) in [7, 11) is 0. The third-order valence-electron chi connectivity index (χ3n) is 6.69. The Morgan fingerprint density at radius 3 is 2.32 bits per heavy atom. The molecule has 0 saturated carbocycles. The van der Waals surface area contributed by atoms with Crippen LogP contribution in [-0.2, 0) is 14.3 Å². The van der Waals surface area contributed by atoms with Crippen LogP contribution >= 0.6 is 0 Å². The Morgan fingerprint density at radius 1 is 1.12 bits per heavy atom. The van der Waals surface area contributed by atoms with Crippen molar-refractivity contribution in [3.8, 4) is 11.1 Å². The Hall–Kier alpha value is -3.39. The fourth-order valence-corrected chi connectivity index (χ4v) is 4.95. The van der Waals surface area contributed by atoms with Crippen LogP contribution in [0.25, 0.3) is 11.1 Å². The number of alkyl carbamates (subject to hydrolysis) is 1. The first kappa shape index (κ1) is 23.8. The molecule has 1 fully saturated rings. The Kier molecular flexibility index (Phi) is 6.88. The van der Waals surface area contributed by atoms with Crippen molar-refractivity contribution in [3.05, 3.63) is 59.7 Å². The van der Waals surface area contributed by atoms with Gasteiger partial charge in [0, 0.05) is 12.5 Å². The second-order valence-corrected chi connectivity index (χ2v) is 9.01. The van der Waals surface area contributed by atoms with E-state index in [1.54, 1.807) is 0 Å². The summed E-state index contributed by atoms with van der Waals surface area (Å²) in [5, 5.41) is 22.3. The molecule has 2 aliphatic rings. The quantitative estimate of drug-likeness (QED) is 0.577. The van der Waals surface area contributed by atoms with Gasteiger partial charge in [0.1, 0.15) is 12.6 Å². The first-order valence-electron chi connectivity index (χ1n) is 11.7. The molecule has 0 aromatic heterocycles. The van der Waals surface area contributed by atoms with E-state index in [2.05, 4.69) is 17.4 Å². The van der Waals surface area contributed by atoms with E-state index in [0.717, 1.165) is 22.3 Å². The highest BCUT2D eigenvalue weighted by atomic mass is 16.5. The van der Waals surface area contributed by atoms with Crippen molar-refractivity contribution < 1.29 is 29.3 Å². The minimum Gasteiger partial charge on any atom is -0.479 e. The number of hydrogen-bond donors (Lipinski definition) is 3. The average molecular weight is 467 g/mol. The van der Waals surface area contributed by atoms with Crippen molar-refractivity contribution in [2.45, 2.75) is 50.2 Å². The van der Waals surface area contributed by atoms with Gasteiger partial charge in [-0.15, -0.1) is 0 Å². The molecule has 3 N–H and O–H groups in total. The molecule has 1 unspecified atom stereocenters. The summed E-state index contributed by atoms with van der Waals surface area (Å²) in [5.41, 5.74) is 2.48. The molecule has 1 aliphatic carbocycles. The van der Waals surface area contributed by atoms with Gasteiger partial charge in [-0.2, -0.15) is 0 Å². The molecule has 180 valence electrons. The van der Waals surface area contributed by atoms with E-state index >= 15 is 0 Å². The van der Waals surface area contributed by atoms with Gasteiger partial charge < -0.3 is 25.2 Å². The molecule has 2 aromatic carbocycles. The van der Waals surface area contributed by atoms with Crippen LogP contribution in [0.1, 0.15) is 49.7 Å². The second-order valence-electron chi connectivity index (χ2n) is 9.01. The number of fused-ring (bicyclic) bond motifs is 3. The molecule has 0 spiro atoms. The SMILES string of the molecule is CCC[C@@H](NC(=O)OCC1c2ccccc2-c2ccccc21)C(=O)N1CCCC(O)(C(=O)O)C1. The van der Waals surface area contributed by atoms with E-state index in [1.807, 2.05) is 43.3 Å². The number of carbonyl (C=O) groups is 3. The number of rotatable bonds is 7. The maximum atomic E-state index is 13.1. The molecule has 34 heavy (non-hydrogen) atoms. The van der Waals surface area contributed by atoms with E-state index in [9.17, 15) is 24.6 Å². The summed E-state index contributed by atoms with van der Waals surface area (Å²) < 4.78 is 5.57. The number of carboxylic acid groups (broad SMARTS) is 1. The van der Waals surface area contributed by atoms with Crippen LogP contribution in [0, 0.1) is 0 Å². The lowest BCUT2D eigenvalue weighted by Crippen LogP contribution is -2.58. The van der Waals surface area contributed by atoms with Crippen molar-refractivity contribution >= 4 is 18.0 Å². The van der Waals surface area contributed by atoms with Crippen LogP contribution < -0.4 is 5.32 Å². The number of amides is 2. The van der Waals surface area contributed by atoms with Gasteiger partial charge in [-0.3, -0.25) is 4.79 Å². The summed E-state index contributed by atoms with van der Waals surface area (Å²) in [6, 6.07) is 15.2. The second kappa shape index (κ2) is 9.85. The Balaban J connectivity index is 1.41. The van der Waals surface area contributed by atoms with Crippen LogP contribution in [-0.4, -0.2) is 64.4 Å². The van der Waals surface area contributed by atoms with E-state index in [1.165, 1.54) is 4.90 Å². The molecular weight excluding hydrogens is 436 g/mol. The molecule has 4 rings (SSSR count). The van der Waals surface area contributed by atoms with Gasteiger partial charge in [-0.05, 0) is 41.5 Å². The number of aliphatic hydroxyl groups is 1. The van der Waals surface area contributed by atoms with E-state index in [-0.39, 0.29) is 25.5 Å². The highest BCUT2D eigenvalue weighted by Gasteiger charge is 2.43. The van der Waals surface area contributed by atoms with Gasteiger partial charge in [0.05, 0.1) is 6.54 Å². The van der Waals surface area contributed by atoms with Crippen LogP contribution in [0.2, 0.25) is 0 Å². The predicted octanol–water partition coefficient (Wildman–Crippen LogP) is 3.13. The maximum absolute atomic E-state index is 13.1. The summed E-state index contributed by atoms with van der Waals surface area (Å²) in [4.78, 5) is 38.5. The summed E-state index contributed by atoms with van der Waals surface area (Å²) in [5.74, 6) is -1.84. The highest BCUT2D eigenvalue weighted by molar-refractivity contribution is 5.87. The van der Waals surface area contributed by atoms with Crippen LogP contribution in [0.15, 0.2) is 48.5 Å². The standard InChI is InChI=1S/C26H30N2O6/c1-2-8-22(23(29)28-14-7-13-26(33,16-28)24(30)31)27-25(32)34-15-21-19-11-5-3-9-17(19)18-10-4-6-12-20(18)21/h3-6,9-12,21-22,33H,2,7-8,13-16H2,1H3,(H,27,32)(H,30,31)/t22-,26?/m1/s1. The third-order valence-corrected chi connectivity index (χ3v) is 6.69. The van der Waals surface area contributed by atoms with Crippen molar-refractivity contribution in [2.24, 2.45) is 0 Å². The molecule has 2 aromatic rings. The zero-order valence-electron chi connectivity index (χ0n) is 19.2. The van der Waals surface area contributed by atoms with Gasteiger partial charge >= 0.3 is 12.1 Å². The van der Waals surface area contributed by atoms with Gasteiger partial charge in [0.25, 0.3) is 0 Å². The lowest BCUT2D eigenvalue weighted by Gasteiger charge is -2.37. The van der Waals surface area contributed by atoms with Crippen molar-refractivity contribution in [2.75, 3.05) is 19.7 Å². The van der Waals surface area contributed by atoms with Gasteiger partial charge in [-0.25, -0.2) is 9.59 Å². The van der Waals surface area contributed by atoms with Crippen molar-refractivity contribution in [3.63, 3.8) is 0 Å². The monoisotopic (exact) mass is 466 g/mol. The number of likely N-dealkylation sites (tertiary alicyclic amines) is 1. The first-order valence-corrected chi connectivity index (χ1v) is 11.7. The Morgan fingerprint density at radius 2 is 1.74 bits per heavy atom. The zero-order chi connectivity index (χ0) is 24.3. The van der Waals surface area contributed by atoms with Crippen LogP contribution in [0.3, 0.4) is 0 Å². The molecule has 0 radical (unpaired) electrons. The van der Waals surface area contributed by atoms with Crippen LogP contribution in [0.4, 0.5) is 4.79 Å². The molecule has 1 aliphatic heterocycles. The summed E-state index contributed by atoms with van der Waals surface area (Å²) in [6.45, 7) is 2.06. The topological polar surface area (TPSA) is 116 Å². The number of benzene rings is 2.